The van der Waals surface area contributed by atoms with Crippen molar-refractivity contribution in [1.29, 1.82) is 0 Å². The highest BCUT2D eigenvalue weighted by Crippen LogP contribution is 2.49. The highest BCUT2D eigenvalue weighted by molar-refractivity contribution is 7.53. The lowest BCUT2D eigenvalue weighted by Gasteiger charge is -2.28. The fraction of sp³-hybridized carbons (Fsp3) is 0.500. The first-order valence-corrected chi connectivity index (χ1v) is 21.7. The summed E-state index contributed by atoms with van der Waals surface area (Å²) in [5, 5.41) is 11.8. The van der Waals surface area contributed by atoms with Crippen molar-refractivity contribution < 1.29 is 37.4 Å². The molecule has 4 heterocycles. The minimum absolute atomic E-state index is 0.00988. The summed E-state index contributed by atoms with van der Waals surface area (Å²) in [6.07, 6.45) is 1.41. The van der Waals surface area contributed by atoms with E-state index in [1.807, 2.05) is 60.1 Å². The molecule has 6 rings (SSSR count). The summed E-state index contributed by atoms with van der Waals surface area (Å²) in [7, 11) is -3.53. The molecule has 18 heteroatoms. The summed E-state index contributed by atoms with van der Waals surface area (Å²) in [6.45, 7) is 9.39. The lowest BCUT2D eigenvalue weighted by molar-refractivity contribution is -0.125. The van der Waals surface area contributed by atoms with E-state index in [0.29, 0.717) is 49.7 Å². The monoisotopic (exact) mass is 821 g/mol. The van der Waals surface area contributed by atoms with E-state index < -0.39 is 37.3 Å². The van der Waals surface area contributed by atoms with Crippen LogP contribution in [0, 0.1) is 6.92 Å². The predicted octanol–water partition coefficient (Wildman–Crippen LogP) is 4.58. The molecule has 312 valence electrons. The number of aryl methyl sites for hydroxylation is 1. The lowest BCUT2D eigenvalue weighted by Crippen LogP contribution is -2.34. The van der Waals surface area contributed by atoms with Gasteiger partial charge in [-0.1, -0.05) is 61.5 Å². The second-order valence-electron chi connectivity index (χ2n) is 14.2. The third-order valence-electron chi connectivity index (χ3n) is 9.94. The Morgan fingerprint density at radius 3 is 2.53 bits per heavy atom. The lowest BCUT2D eigenvalue weighted by atomic mass is 9.95. The number of amides is 2. The largest absolute Gasteiger partial charge is 0.380 e. The van der Waals surface area contributed by atoms with Crippen molar-refractivity contribution in [2.75, 3.05) is 51.1 Å². The predicted molar refractivity (Wildman–Crippen MR) is 215 cm³/mol. The van der Waals surface area contributed by atoms with Gasteiger partial charge in [0.2, 0.25) is 11.8 Å². The number of aromatic nitrogens is 5. The van der Waals surface area contributed by atoms with Crippen LogP contribution in [0.4, 0.5) is 5.69 Å². The fourth-order valence-corrected chi connectivity index (χ4v) is 8.26. The van der Waals surface area contributed by atoms with Gasteiger partial charge in [0.15, 0.2) is 0 Å². The first-order valence-electron chi connectivity index (χ1n) is 19.7. The molecular weight excluding hydrogens is 769 g/mol. The van der Waals surface area contributed by atoms with Gasteiger partial charge in [-0.25, -0.2) is 9.48 Å². The molecule has 1 unspecified atom stereocenters. The van der Waals surface area contributed by atoms with E-state index in [9.17, 15) is 23.7 Å². The standard InChI is InChI=1S/C40H52N7O10P/c1-5-19-53-21-18-47-38-29-12-8-7-11-28(29)26-45(31-14-10-9-13-30(31)37(38)43-44-47)35(49)16-15-34(48)41-17-20-54-22-23-55-58(4,52)57-33-24-36(56-32(33)6-2)46-25-27(3)39(50)42-40(46)51/h7-14,25,32-33,36H,5-6,15-24,26H2,1-4H3,(H,41,48)(H,42,50,51)/t32-,33-,36-,58?/m1/s1. The first kappa shape index (κ1) is 42.8. The van der Waals surface area contributed by atoms with E-state index >= 15 is 0 Å². The van der Waals surface area contributed by atoms with Gasteiger partial charge < -0.3 is 33.5 Å². The smallest absolute Gasteiger partial charge is 0.330 e. The van der Waals surface area contributed by atoms with Crippen LogP contribution >= 0.6 is 7.60 Å². The Labute approximate surface area is 336 Å². The average Bonchev–Trinajstić information content (AvgIpc) is 3.81. The summed E-state index contributed by atoms with van der Waals surface area (Å²) in [5.74, 6) is -0.496. The Hall–Kier alpha value is -4.77. The Morgan fingerprint density at radius 2 is 1.74 bits per heavy atom. The highest BCUT2D eigenvalue weighted by Gasteiger charge is 2.40. The zero-order valence-electron chi connectivity index (χ0n) is 33.4. The number of nitrogens with zero attached hydrogens (tertiary/aromatic N) is 5. The average molecular weight is 822 g/mol. The topological polar surface area (TPSA) is 198 Å². The SMILES string of the molecule is CCCOCCn1nnc2c1-c1ccccc1CN(C(=O)CCC(=O)NCCOCCOP(C)(=O)O[C@@H]1C[C@H](n3cc(C)c(=O)[nH]c3=O)O[C@@H]1CC)c1ccccc1-2. The number of H-pyrrole nitrogens is 1. The van der Waals surface area contributed by atoms with Crippen LogP contribution in [0.15, 0.2) is 64.3 Å². The van der Waals surface area contributed by atoms with Crippen LogP contribution in [0.5, 0.6) is 0 Å². The summed E-state index contributed by atoms with van der Waals surface area (Å²) in [6, 6.07) is 15.5. The molecule has 58 heavy (non-hydrogen) atoms. The van der Waals surface area contributed by atoms with Gasteiger partial charge in [0.1, 0.15) is 11.9 Å². The Balaban J connectivity index is 0.952. The van der Waals surface area contributed by atoms with Crippen LogP contribution in [0.25, 0.3) is 22.5 Å². The second-order valence-corrected chi connectivity index (χ2v) is 16.3. The van der Waals surface area contributed by atoms with Crippen molar-refractivity contribution in [2.24, 2.45) is 0 Å². The number of nitrogens with one attached hydrogen (secondary N) is 2. The van der Waals surface area contributed by atoms with E-state index in [0.717, 1.165) is 28.8 Å². The molecule has 2 N–H and O–H groups in total. The summed E-state index contributed by atoms with van der Waals surface area (Å²) < 4.78 is 45.0. The highest BCUT2D eigenvalue weighted by atomic mass is 31.2. The molecule has 1 saturated heterocycles. The van der Waals surface area contributed by atoms with Crippen LogP contribution in [0.2, 0.25) is 0 Å². The number of carbonyl (C=O) groups is 2. The minimum atomic E-state index is -3.53. The number of rotatable bonds is 19. The molecule has 17 nitrogen and oxygen atoms in total. The van der Waals surface area contributed by atoms with E-state index in [4.69, 9.17) is 23.3 Å². The third-order valence-corrected chi connectivity index (χ3v) is 11.2. The van der Waals surface area contributed by atoms with Gasteiger partial charge in [-0.05, 0) is 31.4 Å². The van der Waals surface area contributed by atoms with Gasteiger partial charge in [0.25, 0.3) is 5.56 Å². The quantitative estimate of drug-likeness (QED) is 0.0988. The van der Waals surface area contributed by atoms with E-state index in [2.05, 4.69) is 27.5 Å². The number of ether oxygens (including phenoxy) is 3. The maximum Gasteiger partial charge on any atom is 0.330 e. The van der Waals surface area contributed by atoms with E-state index in [-0.39, 0.29) is 57.4 Å². The van der Waals surface area contributed by atoms with Gasteiger partial charge in [0, 0.05) is 62.0 Å². The number of carbonyl (C=O) groups excluding carboxylic acids is 2. The molecule has 0 spiro atoms. The zero-order valence-corrected chi connectivity index (χ0v) is 34.3. The molecule has 2 aromatic carbocycles. The molecule has 0 saturated carbocycles. The Morgan fingerprint density at radius 1 is 0.983 bits per heavy atom. The Kier molecular flexibility index (Phi) is 14.6. The van der Waals surface area contributed by atoms with Crippen LogP contribution in [0.3, 0.4) is 0 Å². The van der Waals surface area contributed by atoms with Crippen LogP contribution < -0.4 is 21.5 Å². The number of benzene rings is 2. The van der Waals surface area contributed by atoms with Gasteiger partial charge in [-0.15, -0.1) is 5.10 Å². The fourth-order valence-electron chi connectivity index (χ4n) is 7.08. The second kappa shape index (κ2) is 19.8. The number of aromatic amines is 1. The van der Waals surface area contributed by atoms with Gasteiger partial charge in [-0.2, -0.15) is 0 Å². The molecule has 0 radical (unpaired) electrons. The number of fused-ring (bicyclic) bond motifs is 5. The van der Waals surface area contributed by atoms with Crippen molar-refractivity contribution >= 4 is 25.1 Å². The first-order chi connectivity index (χ1) is 28.0. The van der Waals surface area contributed by atoms with E-state index in [1.165, 1.54) is 17.4 Å². The normalized spacial score (nSPS) is 18.4. The van der Waals surface area contributed by atoms with Crippen molar-refractivity contribution in [2.45, 2.75) is 84.4 Å². The van der Waals surface area contributed by atoms with E-state index in [1.54, 1.807) is 11.8 Å². The molecule has 2 aliphatic rings. The molecule has 4 atom stereocenters. The summed E-state index contributed by atoms with van der Waals surface area (Å²) in [4.78, 5) is 54.8. The molecule has 4 aromatic rings. The maximum atomic E-state index is 13.8. The van der Waals surface area contributed by atoms with Crippen molar-refractivity contribution in [1.82, 2.24) is 29.9 Å². The third kappa shape index (κ3) is 10.4. The van der Waals surface area contributed by atoms with Crippen molar-refractivity contribution in [3.8, 4) is 22.5 Å². The molecule has 2 amide bonds. The summed E-state index contributed by atoms with van der Waals surface area (Å²) >= 11 is 0. The minimum Gasteiger partial charge on any atom is -0.380 e. The molecule has 1 fully saturated rings. The zero-order chi connectivity index (χ0) is 41.2. The Bertz CT molecular complexity index is 2220. The molecular formula is C40H52N7O10P. The molecule has 2 aromatic heterocycles. The number of anilines is 1. The van der Waals surface area contributed by atoms with Crippen LogP contribution in [-0.2, 0) is 50.5 Å². The van der Waals surface area contributed by atoms with Gasteiger partial charge in [-0.3, -0.25) is 28.5 Å². The van der Waals surface area contributed by atoms with Crippen LogP contribution in [-0.4, -0.2) is 94.8 Å². The number of para-hydroxylation sites is 1. The molecule has 0 aliphatic carbocycles. The summed E-state index contributed by atoms with van der Waals surface area (Å²) in [5.41, 5.74) is 4.19. The van der Waals surface area contributed by atoms with Crippen LogP contribution in [0.1, 0.15) is 63.3 Å². The molecule has 2 aliphatic heterocycles. The van der Waals surface area contributed by atoms with Crippen molar-refractivity contribution in [3.05, 3.63) is 86.7 Å². The maximum absolute atomic E-state index is 13.8. The number of hydrogen-bond donors (Lipinski definition) is 2. The van der Waals surface area contributed by atoms with Gasteiger partial charge >= 0.3 is 13.3 Å². The van der Waals surface area contributed by atoms with Gasteiger partial charge in [0.05, 0.1) is 63.1 Å². The number of hydrogen-bond acceptors (Lipinski definition) is 12. The molecule has 0 bridgehead atoms. The van der Waals surface area contributed by atoms with Crippen molar-refractivity contribution in [3.63, 3.8) is 0 Å².